The standard InChI is InChI=1S/C19H19ClFN3O5S/c1-18(2,25)19(26)11-24(30(27,28)17-7-4-12(20)9-23-17)10-16(19)29-13-5-6-15(22-3)14(21)8-13/h4-9,16,25-26H,10-11H2,1-2H3/t16-,19-/m0/s1. The summed E-state index contributed by atoms with van der Waals surface area (Å²) in [6.07, 6.45) is -0.0414. The molecule has 3 rings (SSSR count). The Morgan fingerprint density at radius 3 is 2.63 bits per heavy atom. The third kappa shape index (κ3) is 3.99. The topological polar surface area (TPSA) is 104 Å². The maximum Gasteiger partial charge on any atom is 0.260 e. The molecule has 11 heteroatoms. The number of β-amino-alcohol motifs (C(OH)–C–C–N with tert-alkyl or cyclic N) is 1. The molecule has 0 radical (unpaired) electrons. The Morgan fingerprint density at radius 2 is 2.10 bits per heavy atom. The second-order valence-corrected chi connectivity index (χ2v) is 9.75. The summed E-state index contributed by atoms with van der Waals surface area (Å²) in [5.41, 5.74) is -3.98. The van der Waals surface area contributed by atoms with Gasteiger partial charge in [0.2, 0.25) is 5.69 Å². The summed E-state index contributed by atoms with van der Waals surface area (Å²) in [6, 6.07) is 6.11. The molecule has 2 N–H and O–H groups in total. The van der Waals surface area contributed by atoms with Crippen LogP contribution in [0, 0.1) is 12.4 Å². The molecule has 0 unspecified atom stereocenters. The lowest BCUT2D eigenvalue weighted by atomic mass is 9.83. The largest absolute Gasteiger partial charge is 0.486 e. The molecule has 1 aromatic heterocycles. The van der Waals surface area contributed by atoms with Crippen molar-refractivity contribution >= 4 is 27.3 Å². The number of benzene rings is 1. The Kier molecular flexibility index (Phi) is 5.79. The van der Waals surface area contributed by atoms with Gasteiger partial charge in [-0.2, -0.15) is 4.31 Å². The van der Waals surface area contributed by atoms with E-state index in [9.17, 15) is 23.0 Å². The van der Waals surface area contributed by atoms with Crippen LogP contribution in [0.3, 0.4) is 0 Å². The fraction of sp³-hybridized carbons (Fsp3) is 0.368. The third-order valence-corrected chi connectivity index (χ3v) is 6.95. The van der Waals surface area contributed by atoms with Crippen molar-refractivity contribution in [3.8, 4) is 5.75 Å². The first kappa shape index (κ1) is 22.4. The summed E-state index contributed by atoms with van der Waals surface area (Å²) < 4.78 is 46.5. The van der Waals surface area contributed by atoms with Crippen molar-refractivity contribution in [1.29, 1.82) is 0 Å². The van der Waals surface area contributed by atoms with Crippen molar-refractivity contribution in [2.24, 2.45) is 0 Å². The van der Waals surface area contributed by atoms with E-state index in [1.165, 1.54) is 44.3 Å². The zero-order valence-electron chi connectivity index (χ0n) is 16.1. The van der Waals surface area contributed by atoms with Crippen LogP contribution in [-0.4, -0.2) is 58.3 Å². The number of sulfonamides is 1. The van der Waals surface area contributed by atoms with Gasteiger partial charge in [0, 0.05) is 18.8 Å². The van der Waals surface area contributed by atoms with E-state index in [1.807, 2.05) is 0 Å². The van der Waals surface area contributed by atoms with E-state index >= 15 is 0 Å². The molecule has 1 aromatic carbocycles. The molecular formula is C19H19ClFN3O5S. The molecule has 2 atom stereocenters. The summed E-state index contributed by atoms with van der Waals surface area (Å²) in [6.45, 7) is 8.75. The van der Waals surface area contributed by atoms with E-state index in [1.54, 1.807) is 0 Å². The molecular weight excluding hydrogens is 437 g/mol. The van der Waals surface area contributed by atoms with Crippen LogP contribution in [0.5, 0.6) is 5.75 Å². The average Bonchev–Trinajstić information content (AvgIpc) is 3.01. The van der Waals surface area contributed by atoms with E-state index in [0.29, 0.717) is 0 Å². The molecule has 1 saturated heterocycles. The Hall–Kier alpha value is -2.29. The second kappa shape index (κ2) is 7.76. The molecule has 1 aliphatic rings. The van der Waals surface area contributed by atoms with Crippen LogP contribution in [0.1, 0.15) is 13.8 Å². The lowest BCUT2D eigenvalue weighted by molar-refractivity contribution is -0.158. The average molecular weight is 456 g/mol. The molecule has 2 aromatic rings. The van der Waals surface area contributed by atoms with Crippen LogP contribution in [0.4, 0.5) is 10.1 Å². The van der Waals surface area contributed by atoms with Gasteiger partial charge in [-0.25, -0.2) is 22.6 Å². The maximum absolute atomic E-state index is 13.9. The SMILES string of the molecule is [C-]#[N+]c1ccc(O[C@H]2CN(S(=O)(=O)c3ccc(Cl)cn3)C[C@@]2(O)C(C)(C)O)cc1F. The molecule has 2 heterocycles. The highest BCUT2D eigenvalue weighted by molar-refractivity contribution is 7.89. The summed E-state index contributed by atoms with van der Waals surface area (Å²) in [7, 11) is -4.13. The molecule has 0 amide bonds. The number of halogens is 2. The Balaban J connectivity index is 1.95. The van der Waals surface area contributed by atoms with Gasteiger partial charge in [0.05, 0.1) is 23.7 Å². The van der Waals surface area contributed by atoms with Crippen LogP contribution in [0.15, 0.2) is 41.6 Å². The normalized spacial score (nSPS) is 22.6. The first-order valence-electron chi connectivity index (χ1n) is 8.78. The summed E-state index contributed by atoms with van der Waals surface area (Å²) in [5.74, 6) is -0.835. The van der Waals surface area contributed by atoms with E-state index in [-0.39, 0.29) is 28.0 Å². The lowest BCUT2D eigenvalue weighted by Gasteiger charge is -2.39. The second-order valence-electron chi connectivity index (χ2n) is 7.43. The fourth-order valence-electron chi connectivity index (χ4n) is 3.14. The van der Waals surface area contributed by atoms with E-state index in [4.69, 9.17) is 22.9 Å². The van der Waals surface area contributed by atoms with Crippen molar-refractivity contribution < 1.29 is 27.8 Å². The highest BCUT2D eigenvalue weighted by Gasteiger charge is 2.58. The molecule has 30 heavy (non-hydrogen) atoms. The van der Waals surface area contributed by atoms with Gasteiger partial charge >= 0.3 is 0 Å². The minimum atomic E-state index is -4.13. The van der Waals surface area contributed by atoms with Crippen LogP contribution in [0.25, 0.3) is 4.85 Å². The van der Waals surface area contributed by atoms with Gasteiger partial charge < -0.3 is 14.9 Å². The Bertz CT molecular complexity index is 1100. The number of rotatable bonds is 5. The van der Waals surface area contributed by atoms with Gasteiger partial charge in [-0.15, -0.1) is 0 Å². The number of aromatic nitrogens is 1. The monoisotopic (exact) mass is 455 g/mol. The predicted octanol–water partition coefficient (Wildman–Crippen LogP) is 2.38. The minimum absolute atomic E-state index is 0.0172. The van der Waals surface area contributed by atoms with Crippen LogP contribution in [-0.2, 0) is 10.0 Å². The van der Waals surface area contributed by atoms with Gasteiger partial charge in [0.1, 0.15) is 23.3 Å². The lowest BCUT2D eigenvalue weighted by Crippen LogP contribution is -2.60. The number of ether oxygens (including phenoxy) is 1. The summed E-state index contributed by atoms with van der Waals surface area (Å²) >= 11 is 5.76. The van der Waals surface area contributed by atoms with Crippen LogP contribution >= 0.6 is 11.6 Å². The van der Waals surface area contributed by atoms with E-state index in [2.05, 4.69) is 9.83 Å². The Morgan fingerprint density at radius 1 is 1.40 bits per heavy atom. The summed E-state index contributed by atoms with van der Waals surface area (Å²) in [4.78, 5) is 6.84. The molecule has 0 aliphatic carbocycles. The third-order valence-electron chi connectivity index (χ3n) is 5.00. The van der Waals surface area contributed by atoms with Crippen molar-refractivity contribution in [3.05, 3.63) is 58.8 Å². The first-order valence-corrected chi connectivity index (χ1v) is 10.6. The molecule has 1 aliphatic heterocycles. The van der Waals surface area contributed by atoms with Gasteiger partial charge in [-0.3, -0.25) is 0 Å². The molecule has 0 spiro atoms. The number of nitrogens with zero attached hydrogens (tertiary/aromatic N) is 3. The quantitative estimate of drug-likeness (QED) is 0.671. The van der Waals surface area contributed by atoms with Gasteiger partial charge in [0.25, 0.3) is 10.0 Å². The van der Waals surface area contributed by atoms with Gasteiger partial charge in [0.15, 0.2) is 5.03 Å². The highest BCUT2D eigenvalue weighted by Crippen LogP contribution is 2.37. The smallest absolute Gasteiger partial charge is 0.260 e. The number of aliphatic hydroxyl groups is 2. The van der Waals surface area contributed by atoms with Crippen molar-refractivity contribution in [1.82, 2.24) is 9.29 Å². The fourth-order valence-corrected chi connectivity index (χ4v) is 4.64. The predicted molar refractivity (Wildman–Crippen MR) is 106 cm³/mol. The number of pyridine rings is 1. The molecule has 0 saturated carbocycles. The van der Waals surface area contributed by atoms with Crippen molar-refractivity contribution in [2.45, 2.75) is 36.2 Å². The number of hydrogen-bond acceptors (Lipinski definition) is 6. The molecule has 0 bridgehead atoms. The van der Waals surface area contributed by atoms with E-state index in [0.717, 1.165) is 10.4 Å². The maximum atomic E-state index is 13.9. The van der Waals surface area contributed by atoms with E-state index < -0.39 is 39.7 Å². The molecule has 8 nitrogen and oxygen atoms in total. The molecule has 1 fully saturated rings. The van der Waals surface area contributed by atoms with Crippen LogP contribution in [0.2, 0.25) is 5.02 Å². The first-order chi connectivity index (χ1) is 13.9. The van der Waals surface area contributed by atoms with Gasteiger partial charge in [-0.1, -0.05) is 11.6 Å². The molecule has 160 valence electrons. The van der Waals surface area contributed by atoms with Gasteiger partial charge in [-0.05, 0) is 38.1 Å². The minimum Gasteiger partial charge on any atom is -0.486 e. The van der Waals surface area contributed by atoms with Crippen LogP contribution < -0.4 is 4.74 Å². The highest BCUT2D eigenvalue weighted by atomic mass is 35.5. The van der Waals surface area contributed by atoms with Crippen molar-refractivity contribution in [3.63, 3.8) is 0 Å². The zero-order chi connectivity index (χ0) is 22.3. The Labute approximate surface area is 178 Å². The number of hydrogen-bond donors (Lipinski definition) is 2. The zero-order valence-corrected chi connectivity index (χ0v) is 17.7. The van der Waals surface area contributed by atoms with Crippen molar-refractivity contribution in [2.75, 3.05) is 13.1 Å². The summed E-state index contributed by atoms with van der Waals surface area (Å²) in [5, 5.41) is 21.7.